The molecule has 0 saturated carbocycles. The number of nitrogens with zero attached hydrogens (tertiary/aromatic N) is 1. The Bertz CT molecular complexity index is 971. The molecule has 3 rings (SSSR count). The second-order valence-electron chi connectivity index (χ2n) is 6.64. The van der Waals surface area contributed by atoms with Gasteiger partial charge in [-0.2, -0.15) is 0 Å². The topological polar surface area (TPSA) is 72.5 Å². The Hall–Kier alpha value is -3.54. The van der Waals surface area contributed by atoms with Crippen LogP contribution in [0.1, 0.15) is 27.2 Å². The van der Waals surface area contributed by atoms with Gasteiger partial charge in [-0.3, -0.25) is 9.78 Å². The van der Waals surface area contributed by atoms with E-state index in [1.165, 1.54) is 11.1 Å². The van der Waals surface area contributed by atoms with E-state index in [1.54, 1.807) is 26.5 Å². The van der Waals surface area contributed by atoms with Crippen LogP contribution >= 0.6 is 0 Å². The van der Waals surface area contributed by atoms with E-state index in [2.05, 4.69) is 46.8 Å². The smallest absolute Gasteiger partial charge is 0.270 e. The van der Waals surface area contributed by atoms with Crippen LogP contribution in [0.3, 0.4) is 0 Å². The van der Waals surface area contributed by atoms with E-state index in [1.807, 2.05) is 24.3 Å². The lowest BCUT2D eigenvalue weighted by Crippen LogP contribution is -2.23. The van der Waals surface area contributed by atoms with Crippen molar-refractivity contribution in [1.82, 2.24) is 10.3 Å². The quantitative estimate of drug-likeness (QED) is 0.608. The Kier molecular flexibility index (Phi) is 6.68. The van der Waals surface area contributed by atoms with Crippen molar-refractivity contribution in [2.45, 2.75) is 20.0 Å². The number of carbonyl (C=O) groups is 1. The van der Waals surface area contributed by atoms with Gasteiger partial charge in [-0.15, -0.1) is 0 Å². The fourth-order valence-corrected chi connectivity index (χ4v) is 2.84. The lowest BCUT2D eigenvalue weighted by molar-refractivity contribution is 0.0946. The first-order chi connectivity index (χ1) is 14.1. The van der Waals surface area contributed by atoms with Crippen molar-refractivity contribution in [2.75, 3.05) is 19.5 Å². The predicted molar refractivity (Wildman–Crippen MR) is 113 cm³/mol. The molecule has 1 heterocycles. The van der Waals surface area contributed by atoms with Gasteiger partial charge >= 0.3 is 0 Å². The second kappa shape index (κ2) is 9.59. The highest BCUT2D eigenvalue weighted by Crippen LogP contribution is 2.27. The van der Waals surface area contributed by atoms with Gasteiger partial charge in [0.1, 0.15) is 5.69 Å². The number of aromatic nitrogens is 1. The van der Waals surface area contributed by atoms with E-state index in [0.717, 1.165) is 11.3 Å². The summed E-state index contributed by atoms with van der Waals surface area (Å²) in [5.74, 6) is 1.04. The van der Waals surface area contributed by atoms with Crippen molar-refractivity contribution in [2.24, 2.45) is 0 Å². The van der Waals surface area contributed by atoms with Crippen molar-refractivity contribution in [3.05, 3.63) is 83.2 Å². The highest BCUT2D eigenvalue weighted by atomic mass is 16.5. The zero-order valence-electron chi connectivity index (χ0n) is 16.9. The molecule has 6 heteroatoms. The SMILES string of the molecule is COc1ccc(CNC(=O)c2cc(NCc3ccc(C)cc3)ccn2)cc1OC. The molecule has 1 amide bonds. The summed E-state index contributed by atoms with van der Waals surface area (Å²) in [5, 5.41) is 6.21. The van der Waals surface area contributed by atoms with E-state index < -0.39 is 0 Å². The fraction of sp³-hybridized carbons (Fsp3) is 0.217. The molecular weight excluding hydrogens is 366 g/mol. The number of benzene rings is 2. The molecule has 0 radical (unpaired) electrons. The molecule has 2 aromatic carbocycles. The molecule has 1 aromatic heterocycles. The molecule has 0 spiro atoms. The lowest BCUT2D eigenvalue weighted by atomic mass is 10.1. The van der Waals surface area contributed by atoms with Gasteiger partial charge in [0.25, 0.3) is 5.91 Å². The third kappa shape index (κ3) is 5.48. The first kappa shape index (κ1) is 20.2. The summed E-state index contributed by atoms with van der Waals surface area (Å²) in [6.07, 6.45) is 1.63. The Morgan fingerprint density at radius 1 is 0.897 bits per heavy atom. The highest BCUT2D eigenvalue weighted by molar-refractivity contribution is 5.93. The third-order valence-corrected chi connectivity index (χ3v) is 4.51. The van der Waals surface area contributed by atoms with Crippen molar-refractivity contribution in [3.63, 3.8) is 0 Å². The number of nitrogens with one attached hydrogen (secondary N) is 2. The van der Waals surface area contributed by atoms with Crippen molar-refractivity contribution < 1.29 is 14.3 Å². The monoisotopic (exact) mass is 391 g/mol. The molecular formula is C23H25N3O3. The summed E-state index contributed by atoms with van der Waals surface area (Å²) in [6, 6.07) is 17.5. The van der Waals surface area contributed by atoms with Crippen molar-refractivity contribution in [1.29, 1.82) is 0 Å². The Morgan fingerprint density at radius 2 is 1.62 bits per heavy atom. The standard InChI is InChI=1S/C23H25N3O3/c1-16-4-6-17(7-5-16)14-25-19-10-11-24-20(13-19)23(27)26-15-18-8-9-21(28-2)22(12-18)29-3/h4-13H,14-15H2,1-3H3,(H,24,25)(H,26,27). The van der Waals surface area contributed by atoms with Crippen LogP contribution in [-0.2, 0) is 13.1 Å². The average molecular weight is 391 g/mol. The largest absolute Gasteiger partial charge is 0.493 e. The molecule has 0 atom stereocenters. The minimum atomic E-state index is -0.237. The molecule has 150 valence electrons. The van der Waals surface area contributed by atoms with Gasteiger partial charge in [0.15, 0.2) is 11.5 Å². The number of carbonyl (C=O) groups excluding carboxylic acids is 1. The van der Waals surface area contributed by atoms with Gasteiger partial charge in [0.2, 0.25) is 0 Å². The Morgan fingerprint density at radius 3 is 2.34 bits per heavy atom. The van der Waals surface area contributed by atoms with Crippen LogP contribution in [0.4, 0.5) is 5.69 Å². The van der Waals surface area contributed by atoms with Crippen LogP contribution in [0.15, 0.2) is 60.8 Å². The van der Waals surface area contributed by atoms with Gasteiger partial charge in [-0.25, -0.2) is 0 Å². The average Bonchev–Trinajstić information content (AvgIpc) is 2.77. The summed E-state index contributed by atoms with van der Waals surface area (Å²) in [6.45, 7) is 3.10. The molecule has 6 nitrogen and oxygen atoms in total. The first-order valence-corrected chi connectivity index (χ1v) is 9.33. The zero-order valence-corrected chi connectivity index (χ0v) is 16.9. The number of anilines is 1. The summed E-state index contributed by atoms with van der Waals surface area (Å²) < 4.78 is 10.5. The van der Waals surface area contributed by atoms with Crippen LogP contribution < -0.4 is 20.1 Å². The number of amides is 1. The maximum atomic E-state index is 12.5. The first-order valence-electron chi connectivity index (χ1n) is 9.33. The van der Waals surface area contributed by atoms with Crippen molar-refractivity contribution >= 4 is 11.6 Å². The summed E-state index contributed by atoms with van der Waals surface area (Å²) in [7, 11) is 3.17. The Balaban J connectivity index is 1.59. The van der Waals surface area contributed by atoms with Crippen molar-refractivity contribution in [3.8, 4) is 11.5 Å². The molecule has 0 saturated heterocycles. The number of ether oxygens (including phenoxy) is 2. The van der Waals surface area contributed by atoms with Crippen LogP contribution in [0.2, 0.25) is 0 Å². The minimum absolute atomic E-state index is 0.237. The lowest BCUT2D eigenvalue weighted by Gasteiger charge is -2.11. The van der Waals surface area contributed by atoms with Crippen LogP contribution in [-0.4, -0.2) is 25.1 Å². The summed E-state index contributed by atoms with van der Waals surface area (Å²) in [5.41, 5.74) is 4.51. The zero-order chi connectivity index (χ0) is 20.6. The minimum Gasteiger partial charge on any atom is -0.493 e. The molecule has 2 N–H and O–H groups in total. The second-order valence-corrected chi connectivity index (χ2v) is 6.64. The van der Waals surface area contributed by atoms with E-state index in [9.17, 15) is 4.79 Å². The Labute approximate surface area is 170 Å². The maximum Gasteiger partial charge on any atom is 0.270 e. The van der Waals surface area contributed by atoms with Gasteiger partial charge < -0.3 is 20.1 Å². The van der Waals surface area contributed by atoms with Gasteiger partial charge in [-0.1, -0.05) is 35.9 Å². The molecule has 0 bridgehead atoms. The molecule has 29 heavy (non-hydrogen) atoms. The maximum absolute atomic E-state index is 12.5. The number of pyridine rings is 1. The van der Waals surface area contributed by atoms with Crippen LogP contribution in [0.5, 0.6) is 11.5 Å². The number of hydrogen-bond donors (Lipinski definition) is 2. The van der Waals surface area contributed by atoms with E-state index in [-0.39, 0.29) is 5.91 Å². The van der Waals surface area contributed by atoms with E-state index in [0.29, 0.717) is 30.3 Å². The van der Waals surface area contributed by atoms with Crippen LogP contribution in [0.25, 0.3) is 0 Å². The number of hydrogen-bond acceptors (Lipinski definition) is 5. The molecule has 0 aliphatic heterocycles. The predicted octanol–water partition coefficient (Wildman–Crippen LogP) is 3.95. The fourth-order valence-electron chi connectivity index (χ4n) is 2.84. The van der Waals surface area contributed by atoms with Gasteiger partial charge in [0, 0.05) is 25.0 Å². The third-order valence-electron chi connectivity index (χ3n) is 4.51. The van der Waals surface area contributed by atoms with Gasteiger partial charge in [0.05, 0.1) is 14.2 Å². The van der Waals surface area contributed by atoms with Crippen LogP contribution in [0, 0.1) is 6.92 Å². The molecule has 0 aliphatic carbocycles. The van der Waals surface area contributed by atoms with E-state index in [4.69, 9.17) is 9.47 Å². The summed E-state index contributed by atoms with van der Waals surface area (Å²) in [4.78, 5) is 16.7. The summed E-state index contributed by atoms with van der Waals surface area (Å²) >= 11 is 0. The molecule has 0 unspecified atom stereocenters. The molecule has 3 aromatic rings. The van der Waals surface area contributed by atoms with Gasteiger partial charge in [-0.05, 0) is 42.3 Å². The molecule has 0 aliphatic rings. The normalized spacial score (nSPS) is 10.3. The highest BCUT2D eigenvalue weighted by Gasteiger charge is 2.10. The number of aryl methyl sites for hydroxylation is 1. The number of methoxy groups -OCH3 is 2. The van der Waals surface area contributed by atoms with E-state index >= 15 is 0 Å². The number of rotatable bonds is 8. The molecule has 0 fully saturated rings.